The number of para-hydroxylation sites is 1. The van der Waals surface area contributed by atoms with Crippen LogP contribution in [0.1, 0.15) is 34.9 Å². The van der Waals surface area contributed by atoms with E-state index in [1.54, 1.807) is 18.2 Å². The third-order valence-electron chi connectivity index (χ3n) is 3.28. The van der Waals surface area contributed by atoms with Crippen LogP contribution in [-0.2, 0) is 0 Å². The maximum Gasteiger partial charge on any atom is 0.387 e. The number of ether oxygens (including phenoxy) is 1. The Balaban J connectivity index is 2.08. The van der Waals surface area contributed by atoms with Gasteiger partial charge in [-0.25, -0.2) is 0 Å². The fraction of sp³-hybridized carbons (Fsp3) is 0.357. The molecule has 0 amide bonds. The van der Waals surface area contributed by atoms with Crippen LogP contribution in [0, 0.1) is 0 Å². The minimum absolute atomic E-state index is 0.0124. The summed E-state index contributed by atoms with van der Waals surface area (Å²) in [6.45, 7) is -2.92. The third kappa shape index (κ3) is 2.99. The van der Waals surface area contributed by atoms with Gasteiger partial charge in [-0.2, -0.15) is 8.78 Å². The van der Waals surface area contributed by atoms with E-state index < -0.39 is 11.4 Å². The van der Waals surface area contributed by atoms with Crippen molar-refractivity contribution in [1.82, 2.24) is 5.16 Å². The molecule has 0 unspecified atom stereocenters. The van der Waals surface area contributed by atoms with E-state index in [-0.39, 0.29) is 11.7 Å². The summed E-state index contributed by atoms with van der Waals surface area (Å²) in [6, 6.07) is 6.35. The van der Waals surface area contributed by atoms with Crippen LogP contribution < -0.4 is 4.74 Å². The van der Waals surface area contributed by atoms with Crippen molar-refractivity contribution in [3.05, 3.63) is 35.6 Å². The number of rotatable bonds is 5. The standard InChI is InChI=1S/C14H11Cl2F2NO2/c15-13(16)10-11(19-21-12(10)7-5-6-7)8-3-1-2-4-9(8)20-14(17)18/h1-4,7,13-14H,5-6H2. The van der Waals surface area contributed by atoms with Gasteiger partial charge in [-0.15, -0.1) is 0 Å². The molecule has 0 aliphatic heterocycles. The third-order valence-corrected chi connectivity index (χ3v) is 3.72. The van der Waals surface area contributed by atoms with Gasteiger partial charge in [0.15, 0.2) is 0 Å². The van der Waals surface area contributed by atoms with Crippen molar-refractivity contribution in [2.24, 2.45) is 0 Å². The number of halogens is 4. The Labute approximate surface area is 129 Å². The molecule has 1 aromatic heterocycles. The zero-order chi connectivity index (χ0) is 15.0. The van der Waals surface area contributed by atoms with Crippen molar-refractivity contribution >= 4 is 23.2 Å². The fourth-order valence-corrected chi connectivity index (χ4v) is 2.64. The van der Waals surface area contributed by atoms with Crippen LogP contribution in [0.3, 0.4) is 0 Å². The van der Waals surface area contributed by atoms with Crippen molar-refractivity contribution in [2.75, 3.05) is 0 Å². The largest absolute Gasteiger partial charge is 0.434 e. The predicted octanol–water partition coefficient (Wildman–Crippen LogP) is 5.30. The molecule has 3 rings (SSSR count). The monoisotopic (exact) mass is 333 g/mol. The molecule has 1 saturated carbocycles. The summed E-state index contributed by atoms with van der Waals surface area (Å²) in [6.07, 6.45) is 1.97. The Kier molecular flexibility index (Phi) is 4.04. The van der Waals surface area contributed by atoms with E-state index in [0.29, 0.717) is 22.6 Å². The summed E-state index contributed by atoms with van der Waals surface area (Å²) in [7, 11) is 0. The zero-order valence-electron chi connectivity index (χ0n) is 10.7. The number of nitrogens with zero attached hydrogens (tertiary/aromatic N) is 1. The minimum Gasteiger partial charge on any atom is -0.434 e. The summed E-state index contributed by atoms with van der Waals surface area (Å²) >= 11 is 12.0. The molecule has 1 heterocycles. The molecule has 2 aromatic rings. The van der Waals surface area contributed by atoms with Gasteiger partial charge in [0.05, 0.1) is 5.56 Å². The van der Waals surface area contributed by atoms with Crippen molar-refractivity contribution in [1.29, 1.82) is 0 Å². The second-order valence-corrected chi connectivity index (χ2v) is 5.86. The molecule has 112 valence electrons. The van der Waals surface area contributed by atoms with Gasteiger partial charge in [-0.1, -0.05) is 40.5 Å². The predicted molar refractivity (Wildman–Crippen MR) is 75.0 cm³/mol. The van der Waals surface area contributed by atoms with Gasteiger partial charge in [0.1, 0.15) is 22.0 Å². The average molecular weight is 334 g/mol. The van der Waals surface area contributed by atoms with E-state index >= 15 is 0 Å². The lowest BCUT2D eigenvalue weighted by Crippen LogP contribution is -2.03. The van der Waals surface area contributed by atoms with Crippen molar-refractivity contribution in [2.45, 2.75) is 30.2 Å². The number of hydrogen-bond acceptors (Lipinski definition) is 3. The quantitative estimate of drug-likeness (QED) is 0.696. The highest BCUT2D eigenvalue weighted by atomic mass is 35.5. The molecular weight excluding hydrogens is 323 g/mol. The summed E-state index contributed by atoms with van der Waals surface area (Å²) in [5.41, 5.74) is 1.27. The normalized spacial score (nSPS) is 15.0. The minimum atomic E-state index is -2.92. The molecule has 0 radical (unpaired) electrons. The molecule has 0 saturated heterocycles. The first kappa shape index (κ1) is 14.6. The Morgan fingerprint density at radius 2 is 1.95 bits per heavy atom. The molecular formula is C14H11Cl2F2NO2. The number of aromatic nitrogens is 1. The molecule has 0 spiro atoms. The van der Waals surface area contributed by atoms with E-state index in [1.807, 2.05) is 0 Å². The van der Waals surface area contributed by atoms with Crippen LogP contribution in [-0.4, -0.2) is 11.8 Å². The van der Waals surface area contributed by atoms with Crippen LogP contribution in [0.5, 0.6) is 5.75 Å². The summed E-state index contributed by atoms with van der Waals surface area (Å²) in [5.74, 6) is 0.898. The SMILES string of the molecule is FC(F)Oc1ccccc1-c1noc(C2CC2)c1C(Cl)Cl. The maximum atomic E-state index is 12.5. The first-order valence-electron chi connectivity index (χ1n) is 6.39. The van der Waals surface area contributed by atoms with Gasteiger partial charge in [0.2, 0.25) is 0 Å². The first-order chi connectivity index (χ1) is 10.1. The molecule has 3 nitrogen and oxygen atoms in total. The summed E-state index contributed by atoms with van der Waals surface area (Å²) in [4.78, 5) is -0.846. The molecule has 0 bridgehead atoms. The Morgan fingerprint density at radius 3 is 2.57 bits per heavy atom. The molecule has 21 heavy (non-hydrogen) atoms. The van der Waals surface area contributed by atoms with Crippen LogP contribution in [0.2, 0.25) is 0 Å². The molecule has 1 aliphatic rings. The number of benzene rings is 1. The summed E-state index contributed by atoms with van der Waals surface area (Å²) in [5, 5.41) is 3.97. The molecule has 1 aromatic carbocycles. The Morgan fingerprint density at radius 1 is 1.24 bits per heavy atom. The van der Waals surface area contributed by atoms with Gasteiger partial charge < -0.3 is 9.26 Å². The van der Waals surface area contributed by atoms with E-state index in [0.717, 1.165) is 12.8 Å². The van der Waals surface area contributed by atoms with Crippen molar-refractivity contribution in [3.8, 4) is 17.0 Å². The van der Waals surface area contributed by atoms with Gasteiger partial charge in [0.25, 0.3) is 0 Å². The van der Waals surface area contributed by atoms with E-state index in [1.165, 1.54) is 6.07 Å². The average Bonchev–Trinajstić information content (AvgIpc) is 3.17. The van der Waals surface area contributed by atoms with Crippen LogP contribution in [0.15, 0.2) is 28.8 Å². The van der Waals surface area contributed by atoms with Crippen LogP contribution >= 0.6 is 23.2 Å². The molecule has 1 fully saturated rings. The lowest BCUT2D eigenvalue weighted by molar-refractivity contribution is -0.0494. The highest BCUT2D eigenvalue weighted by Gasteiger charge is 2.35. The zero-order valence-corrected chi connectivity index (χ0v) is 12.2. The first-order valence-corrected chi connectivity index (χ1v) is 7.27. The van der Waals surface area contributed by atoms with Crippen LogP contribution in [0.4, 0.5) is 8.78 Å². The lowest BCUT2D eigenvalue weighted by Gasteiger charge is -2.10. The van der Waals surface area contributed by atoms with Crippen molar-refractivity contribution in [3.63, 3.8) is 0 Å². The lowest BCUT2D eigenvalue weighted by atomic mass is 10.0. The molecule has 7 heteroatoms. The Bertz CT molecular complexity index is 642. The fourth-order valence-electron chi connectivity index (χ4n) is 2.22. The van der Waals surface area contributed by atoms with Gasteiger partial charge in [-0.05, 0) is 25.0 Å². The van der Waals surface area contributed by atoms with Gasteiger partial charge >= 0.3 is 6.61 Å². The summed E-state index contributed by atoms with van der Waals surface area (Å²) < 4.78 is 34.9. The van der Waals surface area contributed by atoms with E-state index in [4.69, 9.17) is 27.7 Å². The topological polar surface area (TPSA) is 35.3 Å². The van der Waals surface area contributed by atoms with Gasteiger partial charge in [0, 0.05) is 11.5 Å². The maximum absolute atomic E-state index is 12.5. The highest BCUT2D eigenvalue weighted by molar-refractivity contribution is 6.44. The smallest absolute Gasteiger partial charge is 0.387 e. The van der Waals surface area contributed by atoms with Crippen molar-refractivity contribution < 1.29 is 18.0 Å². The Hall–Kier alpha value is -1.33. The van der Waals surface area contributed by atoms with E-state index in [9.17, 15) is 8.78 Å². The van der Waals surface area contributed by atoms with Gasteiger partial charge in [-0.3, -0.25) is 0 Å². The highest BCUT2D eigenvalue weighted by Crippen LogP contribution is 2.48. The molecule has 0 N–H and O–H groups in total. The second-order valence-electron chi connectivity index (χ2n) is 4.76. The number of alkyl halides is 4. The second kappa shape index (κ2) is 5.81. The van der Waals surface area contributed by atoms with E-state index in [2.05, 4.69) is 9.89 Å². The number of hydrogen-bond donors (Lipinski definition) is 0. The molecule has 0 atom stereocenters. The molecule has 1 aliphatic carbocycles. The van der Waals surface area contributed by atoms with Crippen LogP contribution in [0.25, 0.3) is 11.3 Å².